The van der Waals surface area contributed by atoms with Crippen LogP contribution in [-0.4, -0.2) is 45.5 Å². The maximum atomic E-state index is 5.97. The van der Waals surface area contributed by atoms with Crippen molar-refractivity contribution in [2.75, 3.05) is 25.4 Å². The summed E-state index contributed by atoms with van der Waals surface area (Å²) in [5.74, 6) is 0.307. The second-order valence-electron chi connectivity index (χ2n) is 8.43. The zero-order valence-corrected chi connectivity index (χ0v) is 17.3. The molecule has 4 heterocycles. The molecule has 6 heteroatoms. The fourth-order valence-corrected chi connectivity index (χ4v) is 5.05. The Morgan fingerprint density at radius 1 is 1.00 bits per heavy atom. The van der Waals surface area contributed by atoms with E-state index in [1.165, 1.54) is 44.3 Å². The summed E-state index contributed by atoms with van der Waals surface area (Å²) in [5.41, 5.74) is 11.3. The zero-order valence-electron chi connectivity index (χ0n) is 17.3. The third kappa shape index (κ3) is 3.85. The van der Waals surface area contributed by atoms with Gasteiger partial charge in [0.05, 0.1) is 11.7 Å². The minimum absolute atomic E-state index is 0.307. The van der Waals surface area contributed by atoms with Gasteiger partial charge in [0.25, 0.3) is 0 Å². The van der Waals surface area contributed by atoms with Crippen LogP contribution in [0, 0.1) is 0 Å². The molecular formula is C24H30N6. The van der Waals surface area contributed by atoms with Gasteiger partial charge in [0.2, 0.25) is 5.95 Å². The summed E-state index contributed by atoms with van der Waals surface area (Å²) >= 11 is 0. The largest absolute Gasteiger partial charge is 0.368 e. The number of nitrogens with one attached hydrogen (secondary N) is 2. The van der Waals surface area contributed by atoms with Gasteiger partial charge in [-0.05, 0) is 56.9 Å². The molecule has 0 bridgehead atoms. The lowest BCUT2D eigenvalue weighted by atomic mass is 9.93. The third-order valence-electron chi connectivity index (χ3n) is 6.55. The molecule has 0 saturated carbocycles. The van der Waals surface area contributed by atoms with E-state index in [9.17, 15) is 0 Å². The Bertz CT molecular complexity index is 976. The lowest BCUT2D eigenvalue weighted by Gasteiger charge is -2.42. The SMILES string of the molecule is Nc1ncc(-c2ccccc2)c(-c2c[nH]c(C3CCCCN3C3CCNCC3)c2)n1. The van der Waals surface area contributed by atoms with Gasteiger partial charge in [0.1, 0.15) is 0 Å². The number of hydrogen-bond acceptors (Lipinski definition) is 5. The van der Waals surface area contributed by atoms with Crippen molar-refractivity contribution in [2.24, 2.45) is 0 Å². The highest BCUT2D eigenvalue weighted by molar-refractivity contribution is 5.80. The normalized spacial score (nSPS) is 21.0. The van der Waals surface area contributed by atoms with Gasteiger partial charge in [-0.2, -0.15) is 0 Å². The van der Waals surface area contributed by atoms with Crippen molar-refractivity contribution < 1.29 is 0 Å². The maximum Gasteiger partial charge on any atom is 0.220 e. The minimum atomic E-state index is 0.307. The van der Waals surface area contributed by atoms with E-state index in [1.54, 1.807) is 0 Å². The average Bonchev–Trinajstić information content (AvgIpc) is 3.30. The van der Waals surface area contributed by atoms with Gasteiger partial charge in [-0.1, -0.05) is 36.8 Å². The molecule has 2 saturated heterocycles. The lowest BCUT2D eigenvalue weighted by molar-refractivity contribution is 0.0740. The highest BCUT2D eigenvalue weighted by Gasteiger charge is 2.31. The van der Waals surface area contributed by atoms with Crippen LogP contribution in [0.5, 0.6) is 0 Å². The molecule has 1 aromatic carbocycles. The molecule has 0 spiro atoms. The van der Waals surface area contributed by atoms with Crippen LogP contribution >= 0.6 is 0 Å². The topological polar surface area (TPSA) is 82.9 Å². The molecule has 4 N–H and O–H groups in total. The number of aromatic amines is 1. The van der Waals surface area contributed by atoms with Crippen molar-refractivity contribution in [3.63, 3.8) is 0 Å². The molecule has 30 heavy (non-hydrogen) atoms. The summed E-state index contributed by atoms with van der Waals surface area (Å²) in [6.45, 7) is 3.45. The first-order chi connectivity index (χ1) is 14.8. The summed E-state index contributed by atoms with van der Waals surface area (Å²) in [5, 5.41) is 3.50. The predicted octanol–water partition coefficient (Wildman–Crippen LogP) is 4.00. The summed E-state index contributed by atoms with van der Waals surface area (Å²) in [6.07, 6.45) is 10.2. The van der Waals surface area contributed by atoms with Crippen LogP contribution in [-0.2, 0) is 0 Å². The Hall–Kier alpha value is -2.70. The highest BCUT2D eigenvalue weighted by atomic mass is 15.2. The highest BCUT2D eigenvalue weighted by Crippen LogP contribution is 2.37. The molecule has 2 aromatic heterocycles. The average molecular weight is 403 g/mol. The van der Waals surface area contributed by atoms with Crippen molar-refractivity contribution in [2.45, 2.75) is 44.2 Å². The van der Waals surface area contributed by atoms with E-state index in [4.69, 9.17) is 5.73 Å². The fraction of sp³-hybridized carbons (Fsp3) is 0.417. The van der Waals surface area contributed by atoms with Gasteiger partial charge in [-0.25, -0.2) is 9.97 Å². The summed E-state index contributed by atoms with van der Waals surface area (Å²) in [4.78, 5) is 15.2. The number of hydrogen-bond donors (Lipinski definition) is 3. The lowest BCUT2D eigenvalue weighted by Crippen LogP contribution is -2.46. The van der Waals surface area contributed by atoms with E-state index in [2.05, 4.69) is 49.6 Å². The summed E-state index contributed by atoms with van der Waals surface area (Å²) in [6, 6.07) is 13.7. The molecule has 0 amide bonds. The molecule has 5 rings (SSSR count). The van der Waals surface area contributed by atoms with Gasteiger partial charge in [-0.3, -0.25) is 4.90 Å². The molecule has 0 aliphatic carbocycles. The molecule has 156 valence electrons. The number of aromatic nitrogens is 3. The van der Waals surface area contributed by atoms with Crippen LogP contribution in [0.2, 0.25) is 0 Å². The second-order valence-corrected chi connectivity index (χ2v) is 8.43. The van der Waals surface area contributed by atoms with Gasteiger partial charge >= 0.3 is 0 Å². The van der Waals surface area contributed by atoms with E-state index in [-0.39, 0.29) is 0 Å². The third-order valence-corrected chi connectivity index (χ3v) is 6.55. The Morgan fingerprint density at radius 3 is 2.67 bits per heavy atom. The van der Waals surface area contributed by atoms with Crippen LogP contribution in [0.4, 0.5) is 5.95 Å². The first-order valence-corrected chi connectivity index (χ1v) is 11.1. The van der Waals surface area contributed by atoms with E-state index in [1.807, 2.05) is 24.4 Å². The van der Waals surface area contributed by atoms with Crippen LogP contribution in [0.25, 0.3) is 22.4 Å². The van der Waals surface area contributed by atoms with Crippen LogP contribution in [0.15, 0.2) is 48.8 Å². The molecule has 2 aliphatic rings. The standard InChI is InChI=1S/C24H30N6/c25-24-28-16-20(17-6-2-1-3-7-17)23(29-24)18-14-21(27-15-18)22-8-4-5-13-30(22)19-9-11-26-12-10-19/h1-3,6-7,14-16,19,22,26-27H,4-5,8-13H2,(H2,25,28,29). The maximum absolute atomic E-state index is 5.97. The van der Waals surface area contributed by atoms with Gasteiger partial charge < -0.3 is 16.0 Å². The monoisotopic (exact) mass is 402 g/mol. The quantitative estimate of drug-likeness (QED) is 0.614. The Kier molecular flexibility index (Phi) is 5.51. The number of nitrogen functional groups attached to an aromatic ring is 1. The van der Waals surface area contributed by atoms with Crippen molar-refractivity contribution in [1.82, 2.24) is 25.2 Å². The van der Waals surface area contributed by atoms with E-state index < -0.39 is 0 Å². The summed E-state index contributed by atoms with van der Waals surface area (Å²) < 4.78 is 0. The van der Waals surface area contributed by atoms with Crippen molar-refractivity contribution in [3.8, 4) is 22.4 Å². The number of benzene rings is 1. The van der Waals surface area contributed by atoms with Gasteiger partial charge in [-0.15, -0.1) is 0 Å². The number of likely N-dealkylation sites (tertiary alicyclic amines) is 1. The molecule has 6 nitrogen and oxygen atoms in total. The van der Waals surface area contributed by atoms with Crippen molar-refractivity contribution in [3.05, 3.63) is 54.5 Å². The van der Waals surface area contributed by atoms with Gasteiger partial charge in [0, 0.05) is 35.3 Å². The smallest absolute Gasteiger partial charge is 0.220 e. The first kappa shape index (κ1) is 19.3. The number of nitrogens with zero attached hydrogens (tertiary/aromatic N) is 3. The molecular weight excluding hydrogens is 372 g/mol. The molecule has 2 fully saturated rings. The van der Waals surface area contributed by atoms with Crippen LogP contribution in [0.1, 0.15) is 43.8 Å². The van der Waals surface area contributed by atoms with Crippen molar-refractivity contribution >= 4 is 5.95 Å². The van der Waals surface area contributed by atoms with Crippen LogP contribution < -0.4 is 11.1 Å². The minimum Gasteiger partial charge on any atom is -0.368 e. The fourth-order valence-electron chi connectivity index (χ4n) is 5.05. The molecule has 1 unspecified atom stereocenters. The molecule has 3 aromatic rings. The van der Waals surface area contributed by atoms with E-state index in [0.717, 1.165) is 35.5 Å². The number of H-pyrrole nitrogens is 1. The molecule has 2 aliphatic heterocycles. The predicted molar refractivity (Wildman–Crippen MR) is 121 cm³/mol. The van der Waals surface area contributed by atoms with Crippen LogP contribution in [0.3, 0.4) is 0 Å². The number of nitrogens with two attached hydrogens (primary N) is 1. The Balaban J connectivity index is 1.47. The molecule has 0 radical (unpaired) electrons. The second kappa shape index (κ2) is 8.58. The summed E-state index contributed by atoms with van der Waals surface area (Å²) in [7, 11) is 0. The number of anilines is 1. The first-order valence-electron chi connectivity index (χ1n) is 11.1. The zero-order chi connectivity index (χ0) is 20.3. The van der Waals surface area contributed by atoms with Gasteiger partial charge in [0.15, 0.2) is 0 Å². The number of piperidine rings is 2. The van der Waals surface area contributed by atoms with E-state index >= 15 is 0 Å². The van der Waals surface area contributed by atoms with E-state index in [0.29, 0.717) is 18.0 Å². The van der Waals surface area contributed by atoms with Crippen molar-refractivity contribution in [1.29, 1.82) is 0 Å². The Labute approximate surface area is 177 Å². The number of rotatable bonds is 4. The Morgan fingerprint density at radius 2 is 1.83 bits per heavy atom. The molecule has 1 atom stereocenters.